The summed E-state index contributed by atoms with van der Waals surface area (Å²) in [6.07, 6.45) is 6.38. The van der Waals surface area contributed by atoms with Crippen LogP contribution in [0.2, 0.25) is 0 Å². The van der Waals surface area contributed by atoms with Gasteiger partial charge in [0.25, 0.3) is 0 Å². The van der Waals surface area contributed by atoms with E-state index in [9.17, 15) is 0 Å². The molecule has 7 heteroatoms. The number of aryl methyl sites for hydroxylation is 1. The Kier molecular flexibility index (Phi) is 7.36. The Hall–Kier alpha value is -2.28. The van der Waals surface area contributed by atoms with Gasteiger partial charge in [-0.25, -0.2) is 0 Å². The quantitative estimate of drug-likeness (QED) is 0.544. The van der Waals surface area contributed by atoms with Crippen LogP contribution in [0.5, 0.6) is 0 Å². The Morgan fingerprint density at radius 3 is 2.72 bits per heavy atom. The van der Waals surface area contributed by atoms with Crippen LogP contribution < -0.4 is 5.32 Å². The predicted octanol–water partition coefficient (Wildman–Crippen LogP) is 3.37. The average Bonchev–Trinajstić information content (AvgIpc) is 3.43. The van der Waals surface area contributed by atoms with E-state index >= 15 is 0 Å². The lowest BCUT2D eigenvalue weighted by molar-refractivity contribution is 0.220. The Morgan fingerprint density at radius 1 is 1.34 bits per heavy atom. The van der Waals surface area contributed by atoms with Crippen LogP contribution in [0.25, 0.3) is 0 Å². The third-order valence-corrected chi connectivity index (χ3v) is 5.46. The number of aliphatic imine (C=N–C) groups is 1. The van der Waals surface area contributed by atoms with Gasteiger partial charge in [-0.1, -0.05) is 13.8 Å². The molecule has 7 nitrogen and oxygen atoms in total. The number of nitrogens with zero attached hydrogens (tertiary/aromatic N) is 5. The van der Waals surface area contributed by atoms with E-state index in [4.69, 9.17) is 9.41 Å². The van der Waals surface area contributed by atoms with Crippen molar-refractivity contribution in [2.45, 2.75) is 52.1 Å². The fourth-order valence-corrected chi connectivity index (χ4v) is 4.06. The molecule has 0 aromatic carbocycles. The van der Waals surface area contributed by atoms with Crippen molar-refractivity contribution < 1.29 is 4.42 Å². The lowest BCUT2D eigenvalue weighted by Gasteiger charge is -2.26. The summed E-state index contributed by atoms with van der Waals surface area (Å²) in [5, 5.41) is 8.09. The maximum atomic E-state index is 5.75. The van der Waals surface area contributed by atoms with Crippen LogP contribution in [0.4, 0.5) is 0 Å². The minimum Gasteiger partial charge on any atom is -0.468 e. The van der Waals surface area contributed by atoms with Crippen molar-refractivity contribution in [3.05, 3.63) is 41.6 Å². The van der Waals surface area contributed by atoms with Crippen molar-refractivity contribution in [3.8, 4) is 0 Å². The largest absolute Gasteiger partial charge is 0.468 e. The van der Waals surface area contributed by atoms with E-state index in [0.717, 1.165) is 43.6 Å². The Morgan fingerprint density at radius 2 is 2.10 bits per heavy atom. The number of guanidine groups is 1. The SMILES string of the molecule is CCNC(=NCC(c1ccco1)N1CCCC1)N(C)Cc1cn(C)nc1C(C)C. The first-order valence-corrected chi connectivity index (χ1v) is 10.8. The summed E-state index contributed by atoms with van der Waals surface area (Å²) in [6, 6.07) is 4.23. The molecule has 2 aromatic rings. The number of aromatic nitrogens is 2. The highest BCUT2D eigenvalue weighted by molar-refractivity contribution is 5.79. The lowest BCUT2D eigenvalue weighted by Crippen LogP contribution is -2.39. The molecule has 1 fully saturated rings. The molecule has 1 N–H and O–H groups in total. The summed E-state index contributed by atoms with van der Waals surface area (Å²) in [4.78, 5) is 9.67. The Labute approximate surface area is 174 Å². The molecule has 1 unspecified atom stereocenters. The summed E-state index contributed by atoms with van der Waals surface area (Å²) in [6.45, 7) is 11.0. The summed E-state index contributed by atoms with van der Waals surface area (Å²) < 4.78 is 7.65. The highest BCUT2D eigenvalue weighted by Crippen LogP contribution is 2.26. The smallest absolute Gasteiger partial charge is 0.194 e. The summed E-state index contributed by atoms with van der Waals surface area (Å²) in [5.74, 6) is 2.32. The van der Waals surface area contributed by atoms with Gasteiger partial charge >= 0.3 is 0 Å². The van der Waals surface area contributed by atoms with Gasteiger partial charge in [-0.3, -0.25) is 14.6 Å². The molecule has 3 heterocycles. The molecule has 0 spiro atoms. The van der Waals surface area contributed by atoms with Crippen molar-refractivity contribution in [3.63, 3.8) is 0 Å². The normalized spacial score (nSPS) is 16.6. The molecule has 1 aliphatic rings. The number of hydrogen-bond donors (Lipinski definition) is 1. The fraction of sp³-hybridized carbons (Fsp3) is 0.636. The van der Waals surface area contributed by atoms with Gasteiger partial charge < -0.3 is 14.6 Å². The predicted molar refractivity (Wildman–Crippen MR) is 117 cm³/mol. The van der Waals surface area contributed by atoms with E-state index in [0.29, 0.717) is 12.5 Å². The molecule has 29 heavy (non-hydrogen) atoms. The molecule has 0 aliphatic carbocycles. The minimum atomic E-state index is 0.194. The van der Waals surface area contributed by atoms with E-state index in [1.54, 1.807) is 6.26 Å². The molecular formula is C22H36N6O. The molecular weight excluding hydrogens is 364 g/mol. The molecule has 3 rings (SSSR count). The van der Waals surface area contributed by atoms with Gasteiger partial charge in [0, 0.05) is 38.9 Å². The van der Waals surface area contributed by atoms with Crippen LogP contribution in [0.3, 0.4) is 0 Å². The van der Waals surface area contributed by atoms with Gasteiger partial charge in [0.05, 0.1) is 24.5 Å². The minimum absolute atomic E-state index is 0.194. The maximum Gasteiger partial charge on any atom is 0.194 e. The number of nitrogens with one attached hydrogen (secondary N) is 1. The van der Waals surface area contributed by atoms with Crippen LogP contribution in [0, 0.1) is 0 Å². The third kappa shape index (κ3) is 5.41. The first kappa shape index (κ1) is 21.4. The van der Waals surface area contributed by atoms with Crippen LogP contribution in [-0.4, -0.2) is 58.8 Å². The fourth-order valence-electron chi connectivity index (χ4n) is 4.06. The second-order valence-electron chi connectivity index (χ2n) is 8.19. The lowest BCUT2D eigenvalue weighted by atomic mass is 10.1. The highest BCUT2D eigenvalue weighted by Gasteiger charge is 2.25. The first-order valence-electron chi connectivity index (χ1n) is 10.8. The Balaban J connectivity index is 1.76. The van der Waals surface area contributed by atoms with E-state index < -0.39 is 0 Å². The molecule has 160 valence electrons. The zero-order valence-corrected chi connectivity index (χ0v) is 18.6. The summed E-state index contributed by atoms with van der Waals surface area (Å²) >= 11 is 0. The molecule has 1 atom stereocenters. The molecule has 0 radical (unpaired) electrons. The van der Waals surface area contributed by atoms with E-state index in [2.05, 4.69) is 60.3 Å². The van der Waals surface area contributed by atoms with Crippen molar-refractivity contribution in [1.82, 2.24) is 24.9 Å². The van der Waals surface area contributed by atoms with Gasteiger partial charge in [-0.15, -0.1) is 0 Å². The molecule has 0 bridgehead atoms. The zero-order chi connectivity index (χ0) is 20.8. The topological polar surface area (TPSA) is 61.8 Å². The highest BCUT2D eigenvalue weighted by atomic mass is 16.3. The molecule has 0 saturated carbocycles. The van der Waals surface area contributed by atoms with Gasteiger partial charge in [0.1, 0.15) is 5.76 Å². The molecule has 1 aliphatic heterocycles. The van der Waals surface area contributed by atoms with Crippen LogP contribution >= 0.6 is 0 Å². The van der Waals surface area contributed by atoms with Crippen molar-refractivity contribution in [1.29, 1.82) is 0 Å². The number of rotatable bonds is 8. The molecule has 1 saturated heterocycles. The van der Waals surface area contributed by atoms with Gasteiger partial charge in [-0.2, -0.15) is 5.10 Å². The van der Waals surface area contributed by atoms with Gasteiger partial charge in [0.15, 0.2) is 5.96 Å². The van der Waals surface area contributed by atoms with Crippen molar-refractivity contribution >= 4 is 5.96 Å². The van der Waals surface area contributed by atoms with Crippen LogP contribution in [-0.2, 0) is 13.6 Å². The number of likely N-dealkylation sites (tertiary alicyclic amines) is 1. The molecule has 0 amide bonds. The standard InChI is InChI=1S/C22H36N6O/c1-6-23-22(26(4)15-18-16-27(5)25-21(18)17(2)3)24-14-19(20-10-9-13-29-20)28-11-7-8-12-28/h9-10,13,16-17,19H,6-8,11-12,14-15H2,1-5H3,(H,23,24). The number of hydrogen-bond acceptors (Lipinski definition) is 4. The van der Waals surface area contributed by atoms with Gasteiger partial charge in [0.2, 0.25) is 0 Å². The number of furan rings is 1. The first-order chi connectivity index (χ1) is 14.0. The zero-order valence-electron chi connectivity index (χ0n) is 18.6. The van der Waals surface area contributed by atoms with E-state index in [1.165, 1.54) is 18.4 Å². The summed E-state index contributed by atoms with van der Waals surface area (Å²) in [5.41, 5.74) is 2.40. The second kappa shape index (κ2) is 9.96. The van der Waals surface area contributed by atoms with Crippen LogP contribution in [0.1, 0.15) is 62.6 Å². The third-order valence-electron chi connectivity index (χ3n) is 5.46. The maximum absolute atomic E-state index is 5.75. The van der Waals surface area contributed by atoms with Crippen LogP contribution in [0.15, 0.2) is 34.0 Å². The summed E-state index contributed by atoms with van der Waals surface area (Å²) in [7, 11) is 4.08. The Bertz CT molecular complexity index is 773. The molecule has 2 aromatic heterocycles. The monoisotopic (exact) mass is 400 g/mol. The van der Waals surface area contributed by atoms with E-state index in [1.807, 2.05) is 17.8 Å². The average molecular weight is 401 g/mol. The van der Waals surface area contributed by atoms with Crippen molar-refractivity contribution in [2.75, 3.05) is 33.2 Å². The second-order valence-corrected chi connectivity index (χ2v) is 8.19. The van der Waals surface area contributed by atoms with Crippen molar-refractivity contribution in [2.24, 2.45) is 12.0 Å². The van der Waals surface area contributed by atoms with E-state index in [-0.39, 0.29) is 6.04 Å². The van der Waals surface area contributed by atoms with Gasteiger partial charge in [-0.05, 0) is 50.9 Å².